The number of nitrogens with zero attached hydrogens (tertiary/aromatic N) is 1. The number of thioether (sulfide) groups is 1. The Labute approximate surface area is 104 Å². The molecule has 3 rings (SSSR count). The second kappa shape index (κ2) is 4.87. The highest BCUT2D eigenvalue weighted by atomic mass is 32.2. The first-order valence-electron chi connectivity index (χ1n) is 6.91. The molecule has 2 heterocycles. The Morgan fingerprint density at radius 3 is 2.50 bits per heavy atom. The highest BCUT2D eigenvalue weighted by Crippen LogP contribution is 2.32. The van der Waals surface area contributed by atoms with E-state index in [4.69, 9.17) is 0 Å². The number of nitrogens with one attached hydrogen (secondary N) is 1. The zero-order valence-corrected chi connectivity index (χ0v) is 11.1. The summed E-state index contributed by atoms with van der Waals surface area (Å²) in [4.78, 5) is 2.72. The van der Waals surface area contributed by atoms with Crippen LogP contribution >= 0.6 is 11.8 Å². The fourth-order valence-corrected chi connectivity index (χ4v) is 4.23. The number of rotatable bonds is 3. The summed E-state index contributed by atoms with van der Waals surface area (Å²) < 4.78 is 0. The van der Waals surface area contributed by atoms with Crippen molar-refractivity contribution in [3.8, 4) is 0 Å². The van der Waals surface area contributed by atoms with Crippen molar-refractivity contribution in [3.05, 3.63) is 0 Å². The van der Waals surface area contributed by atoms with E-state index in [2.05, 4.69) is 28.9 Å². The first-order chi connectivity index (χ1) is 7.83. The molecule has 0 spiro atoms. The van der Waals surface area contributed by atoms with Gasteiger partial charge in [-0.05, 0) is 43.1 Å². The lowest BCUT2D eigenvalue weighted by molar-refractivity contribution is 0.309. The molecule has 0 amide bonds. The van der Waals surface area contributed by atoms with Gasteiger partial charge in [0.1, 0.15) is 0 Å². The normalized spacial score (nSPS) is 38.1. The van der Waals surface area contributed by atoms with Crippen molar-refractivity contribution in [1.82, 2.24) is 10.2 Å². The molecular weight excluding hydrogens is 216 g/mol. The van der Waals surface area contributed by atoms with Gasteiger partial charge in [0.05, 0.1) is 0 Å². The van der Waals surface area contributed by atoms with Gasteiger partial charge in [-0.1, -0.05) is 6.92 Å². The van der Waals surface area contributed by atoms with Gasteiger partial charge >= 0.3 is 0 Å². The first-order valence-corrected chi connectivity index (χ1v) is 8.06. The summed E-state index contributed by atoms with van der Waals surface area (Å²) in [6, 6.07) is 2.54. The van der Waals surface area contributed by atoms with Crippen LogP contribution in [0.25, 0.3) is 0 Å². The summed E-state index contributed by atoms with van der Waals surface area (Å²) in [5.74, 6) is 3.59. The third kappa shape index (κ3) is 2.57. The molecule has 2 saturated heterocycles. The van der Waals surface area contributed by atoms with Crippen LogP contribution < -0.4 is 5.32 Å². The fourth-order valence-electron chi connectivity index (χ4n) is 3.13. The predicted molar refractivity (Wildman–Crippen MR) is 71.0 cm³/mol. The predicted octanol–water partition coefficient (Wildman–Crippen LogP) is 1.95. The summed E-state index contributed by atoms with van der Waals surface area (Å²) in [7, 11) is 0. The molecule has 0 aromatic rings. The zero-order chi connectivity index (χ0) is 11.0. The maximum atomic E-state index is 3.93. The molecule has 3 heteroatoms. The van der Waals surface area contributed by atoms with Gasteiger partial charge in [-0.25, -0.2) is 0 Å². The van der Waals surface area contributed by atoms with E-state index >= 15 is 0 Å². The maximum absolute atomic E-state index is 3.93. The maximum Gasteiger partial charge on any atom is 0.0235 e. The minimum absolute atomic E-state index is 0.772. The summed E-state index contributed by atoms with van der Waals surface area (Å²) in [6.07, 6.45) is 5.69. The quantitative estimate of drug-likeness (QED) is 0.812. The second-order valence-corrected chi connectivity index (χ2v) is 7.05. The van der Waals surface area contributed by atoms with Crippen LogP contribution in [0.1, 0.15) is 32.6 Å². The van der Waals surface area contributed by atoms with Crippen LogP contribution in [0.5, 0.6) is 0 Å². The first kappa shape index (κ1) is 11.4. The lowest BCUT2D eigenvalue weighted by atomic mass is 10.0. The van der Waals surface area contributed by atoms with Crippen molar-refractivity contribution in [1.29, 1.82) is 0 Å². The molecular formula is C13H24N2S. The van der Waals surface area contributed by atoms with Crippen molar-refractivity contribution in [2.75, 3.05) is 24.6 Å². The molecule has 0 radical (unpaired) electrons. The summed E-state index contributed by atoms with van der Waals surface area (Å²) in [5.41, 5.74) is 0. The molecule has 0 aromatic carbocycles. The van der Waals surface area contributed by atoms with E-state index in [9.17, 15) is 0 Å². The van der Waals surface area contributed by atoms with E-state index in [0.29, 0.717) is 0 Å². The van der Waals surface area contributed by atoms with Gasteiger partial charge in [-0.2, -0.15) is 11.8 Å². The molecule has 2 unspecified atom stereocenters. The van der Waals surface area contributed by atoms with Crippen LogP contribution in [-0.4, -0.2) is 47.6 Å². The van der Waals surface area contributed by atoms with E-state index in [1.165, 1.54) is 50.3 Å². The van der Waals surface area contributed by atoms with Crippen molar-refractivity contribution in [2.45, 2.75) is 50.7 Å². The SMILES string of the molecule is CC1CN(C2CC2)CC1NC1CCSCC1. The monoisotopic (exact) mass is 240 g/mol. The zero-order valence-electron chi connectivity index (χ0n) is 10.3. The molecule has 92 valence electrons. The Hall–Kier alpha value is 0.270. The van der Waals surface area contributed by atoms with Crippen LogP contribution in [-0.2, 0) is 0 Å². The van der Waals surface area contributed by atoms with E-state index in [1.807, 2.05) is 0 Å². The van der Waals surface area contributed by atoms with E-state index in [-0.39, 0.29) is 0 Å². The average molecular weight is 240 g/mol. The molecule has 1 aliphatic carbocycles. The molecule has 16 heavy (non-hydrogen) atoms. The summed E-state index contributed by atoms with van der Waals surface area (Å²) in [5, 5.41) is 3.93. The second-order valence-electron chi connectivity index (χ2n) is 5.82. The molecule has 1 N–H and O–H groups in total. The Balaban J connectivity index is 1.50. The van der Waals surface area contributed by atoms with Crippen LogP contribution in [0.3, 0.4) is 0 Å². The third-order valence-electron chi connectivity index (χ3n) is 4.37. The van der Waals surface area contributed by atoms with Gasteiger partial charge in [0.25, 0.3) is 0 Å². The smallest absolute Gasteiger partial charge is 0.0235 e. The summed E-state index contributed by atoms with van der Waals surface area (Å²) >= 11 is 2.12. The molecule has 2 nitrogen and oxygen atoms in total. The van der Waals surface area contributed by atoms with Gasteiger partial charge < -0.3 is 5.32 Å². The Morgan fingerprint density at radius 2 is 1.81 bits per heavy atom. The van der Waals surface area contributed by atoms with Gasteiger partial charge in [0.2, 0.25) is 0 Å². The highest BCUT2D eigenvalue weighted by molar-refractivity contribution is 7.99. The molecule has 0 aromatic heterocycles. The fraction of sp³-hybridized carbons (Fsp3) is 1.00. The number of likely N-dealkylation sites (tertiary alicyclic amines) is 1. The van der Waals surface area contributed by atoms with Gasteiger partial charge in [0.15, 0.2) is 0 Å². The average Bonchev–Trinajstić information content (AvgIpc) is 3.07. The largest absolute Gasteiger partial charge is 0.310 e. The van der Waals surface area contributed by atoms with Crippen LogP contribution in [0.15, 0.2) is 0 Å². The van der Waals surface area contributed by atoms with Crippen molar-refractivity contribution >= 4 is 11.8 Å². The lowest BCUT2D eigenvalue weighted by Gasteiger charge is -2.28. The van der Waals surface area contributed by atoms with E-state index < -0.39 is 0 Å². The van der Waals surface area contributed by atoms with Gasteiger partial charge in [-0.3, -0.25) is 4.90 Å². The number of hydrogen-bond donors (Lipinski definition) is 1. The Morgan fingerprint density at radius 1 is 1.06 bits per heavy atom. The van der Waals surface area contributed by atoms with Crippen LogP contribution in [0.2, 0.25) is 0 Å². The minimum Gasteiger partial charge on any atom is -0.310 e. The highest BCUT2D eigenvalue weighted by Gasteiger charge is 2.38. The minimum atomic E-state index is 0.772. The third-order valence-corrected chi connectivity index (χ3v) is 5.42. The van der Waals surface area contributed by atoms with Crippen molar-refractivity contribution < 1.29 is 0 Å². The standard InChI is InChI=1S/C13H24N2S/c1-10-8-15(12-2-3-12)9-13(10)14-11-4-6-16-7-5-11/h10-14H,2-9H2,1H3. The number of hydrogen-bond acceptors (Lipinski definition) is 3. The van der Waals surface area contributed by atoms with Crippen molar-refractivity contribution in [3.63, 3.8) is 0 Å². The van der Waals surface area contributed by atoms with Crippen LogP contribution in [0, 0.1) is 5.92 Å². The Kier molecular flexibility index (Phi) is 3.46. The molecule has 2 atom stereocenters. The molecule has 2 aliphatic heterocycles. The van der Waals surface area contributed by atoms with Gasteiger partial charge in [0, 0.05) is 31.2 Å². The van der Waals surface area contributed by atoms with E-state index in [1.54, 1.807) is 0 Å². The van der Waals surface area contributed by atoms with E-state index in [0.717, 1.165) is 24.0 Å². The molecule has 3 aliphatic rings. The molecule has 1 saturated carbocycles. The summed E-state index contributed by atoms with van der Waals surface area (Å²) in [6.45, 7) is 5.08. The van der Waals surface area contributed by atoms with Crippen molar-refractivity contribution in [2.24, 2.45) is 5.92 Å². The lowest BCUT2D eigenvalue weighted by Crippen LogP contribution is -2.44. The molecule has 3 fully saturated rings. The van der Waals surface area contributed by atoms with Crippen LogP contribution in [0.4, 0.5) is 0 Å². The van der Waals surface area contributed by atoms with Gasteiger partial charge in [-0.15, -0.1) is 0 Å². The topological polar surface area (TPSA) is 15.3 Å². The Bertz CT molecular complexity index is 236. The molecule has 0 bridgehead atoms.